The van der Waals surface area contributed by atoms with E-state index in [-0.39, 0.29) is 5.69 Å². The quantitative estimate of drug-likeness (QED) is 0.850. The van der Waals surface area contributed by atoms with Gasteiger partial charge in [-0.1, -0.05) is 0 Å². The van der Waals surface area contributed by atoms with Gasteiger partial charge in [0.05, 0.1) is 36.6 Å². The van der Waals surface area contributed by atoms with Crippen LogP contribution in [0.5, 0.6) is 11.5 Å². The second kappa shape index (κ2) is 5.22. The van der Waals surface area contributed by atoms with E-state index in [0.717, 1.165) is 0 Å². The molecule has 1 aromatic carbocycles. The molecule has 2 aromatic rings. The molecule has 0 saturated carbocycles. The van der Waals surface area contributed by atoms with E-state index in [2.05, 4.69) is 9.97 Å². The summed E-state index contributed by atoms with van der Waals surface area (Å²) >= 11 is 0. The Balaban J connectivity index is 2.63. The average Bonchev–Trinajstić information content (AvgIpc) is 2.36. The molecule has 8 heteroatoms. The van der Waals surface area contributed by atoms with Crippen molar-refractivity contribution < 1.29 is 22.4 Å². The number of rotatable bonds is 4. The minimum absolute atomic E-state index is 0.201. The second-order valence-corrected chi connectivity index (χ2v) is 5.63. The third-order valence-electron chi connectivity index (χ3n) is 2.76. The van der Waals surface area contributed by atoms with Crippen LogP contribution in [0.15, 0.2) is 12.1 Å². The highest BCUT2D eigenvalue weighted by atomic mass is 32.2. The van der Waals surface area contributed by atoms with Crippen LogP contribution in [0.2, 0.25) is 0 Å². The summed E-state index contributed by atoms with van der Waals surface area (Å²) in [6.45, 7) is 1.63. The van der Waals surface area contributed by atoms with E-state index in [4.69, 9.17) is 14.0 Å². The standard InChI is InChI=1S/C12H14N2O5S/c1-7-10(6-20(15,16)17)14-9-5-12(19-3)11(18-2)4-8(9)13-7/h4-5H,6H2,1-3H3,(H,15,16,17). The highest BCUT2D eigenvalue weighted by molar-refractivity contribution is 7.85. The summed E-state index contributed by atoms with van der Waals surface area (Å²) in [6.07, 6.45) is 0. The van der Waals surface area contributed by atoms with E-state index in [1.54, 1.807) is 19.1 Å². The zero-order valence-corrected chi connectivity index (χ0v) is 12.1. The van der Waals surface area contributed by atoms with Crippen molar-refractivity contribution in [2.45, 2.75) is 12.7 Å². The first-order valence-corrected chi connectivity index (χ1v) is 7.29. The number of fused-ring (bicyclic) bond motifs is 1. The lowest BCUT2D eigenvalue weighted by molar-refractivity contribution is 0.355. The largest absolute Gasteiger partial charge is 0.493 e. The third-order valence-corrected chi connectivity index (χ3v) is 3.40. The van der Waals surface area contributed by atoms with Gasteiger partial charge in [-0.15, -0.1) is 0 Å². The Kier molecular flexibility index (Phi) is 3.78. The molecule has 108 valence electrons. The maximum Gasteiger partial charge on any atom is 0.270 e. The molecule has 0 spiro atoms. The van der Waals surface area contributed by atoms with Crippen molar-refractivity contribution in [2.24, 2.45) is 0 Å². The van der Waals surface area contributed by atoms with Crippen molar-refractivity contribution in [1.29, 1.82) is 0 Å². The van der Waals surface area contributed by atoms with Gasteiger partial charge < -0.3 is 9.47 Å². The molecule has 20 heavy (non-hydrogen) atoms. The molecule has 0 aliphatic rings. The van der Waals surface area contributed by atoms with Crippen LogP contribution in [0, 0.1) is 6.92 Å². The zero-order valence-electron chi connectivity index (χ0n) is 11.2. The maximum atomic E-state index is 11.0. The molecular formula is C12H14N2O5S. The summed E-state index contributed by atoms with van der Waals surface area (Å²) in [5.41, 5.74) is 1.65. The fourth-order valence-corrected chi connectivity index (χ4v) is 2.44. The zero-order chi connectivity index (χ0) is 14.9. The van der Waals surface area contributed by atoms with Gasteiger partial charge in [0.2, 0.25) is 0 Å². The lowest BCUT2D eigenvalue weighted by atomic mass is 10.2. The summed E-state index contributed by atoms with van der Waals surface area (Å²) in [4.78, 5) is 8.48. The van der Waals surface area contributed by atoms with E-state index in [1.807, 2.05) is 0 Å². The fourth-order valence-electron chi connectivity index (χ4n) is 1.82. The van der Waals surface area contributed by atoms with Crippen LogP contribution in [0.1, 0.15) is 11.4 Å². The van der Waals surface area contributed by atoms with Crippen LogP contribution < -0.4 is 9.47 Å². The molecule has 1 heterocycles. The Bertz CT molecular complexity index is 758. The molecule has 0 atom stereocenters. The highest BCUT2D eigenvalue weighted by Gasteiger charge is 2.15. The van der Waals surface area contributed by atoms with Crippen LogP contribution in [-0.2, 0) is 15.9 Å². The third kappa shape index (κ3) is 2.97. The first-order valence-electron chi connectivity index (χ1n) is 5.68. The molecule has 0 saturated heterocycles. The number of aromatic nitrogens is 2. The van der Waals surface area contributed by atoms with Crippen LogP contribution in [0.25, 0.3) is 11.0 Å². The van der Waals surface area contributed by atoms with Crippen molar-refractivity contribution in [3.63, 3.8) is 0 Å². The van der Waals surface area contributed by atoms with Crippen molar-refractivity contribution >= 4 is 21.2 Å². The summed E-state index contributed by atoms with van der Waals surface area (Å²) in [7, 11) is -1.15. The number of ether oxygens (including phenoxy) is 2. The van der Waals surface area contributed by atoms with Crippen LogP contribution >= 0.6 is 0 Å². The molecule has 1 aromatic heterocycles. The van der Waals surface area contributed by atoms with E-state index >= 15 is 0 Å². The first-order chi connectivity index (χ1) is 9.34. The Labute approximate surface area is 116 Å². The molecule has 0 bridgehead atoms. The SMILES string of the molecule is COc1cc2nc(C)c(CS(=O)(=O)O)nc2cc1OC. The topological polar surface area (TPSA) is 98.6 Å². The Hall–Kier alpha value is -1.93. The predicted molar refractivity (Wildman–Crippen MR) is 72.6 cm³/mol. The number of benzene rings is 1. The van der Waals surface area contributed by atoms with Crippen molar-refractivity contribution in [3.05, 3.63) is 23.5 Å². The summed E-state index contributed by atoms with van der Waals surface area (Å²) < 4.78 is 41.1. The molecule has 0 radical (unpaired) electrons. The summed E-state index contributed by atoms with van der Waals surface area (Å²) in [6, 6.07) is 3.26. The summed E-state index contributed by atoms with van der Waals surface area (Å²) in [5.74, 6) is 0.406. The lowest BCUT2D eigenvalue weighted by Gasteiger charge is -2.10. The number of methoxy groups -OCH3 is 2. The normalized spacial score (nSPS) is 11.6. The van der Waals surface area contributed by atoms with Gasteiger partial charge >= 0.3 is 0 Å². The highest BCUT2D eigenvalue weighted by Crippen LogP contribution is 2.31. The minimum Gasteiger partial charge on any atom is -0.493 e. The Morgan fingerprint density at radius 1 is 1.10 bits per heavy atom. The van der Waals surface area contributed by atoms with Crippen molar-refractivity contribution in [2.75, 3.05) is 14.2 Å². The van der Waals surface area contributed by atoms with Gasteiger partial charge in [0.1, 0.15) is 5.75 Å². The second-order valence-electron chi connectivity index (χ2n) is 4.18. The predicted octanol–water partition coefficient (Wildman–Crippen LogP) is 1.34. The number of hydrogen-bond acceptors (Lipinski definition) is 6. The summed E-state index contributed by atoms with van der Waals surface area (Å²) in [5, 5.41) is 0. The Morgan fingerprint density at radius 3 is 2.05 bits per heavy atom. The van der Waals surface area contributed by atoms with Crippen LogP contribution in [0.3, 0.4) is 0 Å². The molecule has 7 nitrogen and oxygen atoms in total. The van der Waals surface area contributed by atoms with Gasteiger partial charge in [-0.2, -0.15) is 8.42 Å². The van der Waals surface area contributed by atoms with E-state index in [0.29, 0.717) is 28.2 Å². The maximum absolute atomic E-state index is 11.0. The lowest BCUT2D eigenvalue weighted by Crippen LogP contribution is -2.07. The van der Waals surface area contributed by atoms with Crippen molar-refractivity contribution in [3.8, 4) is 11.5 Å². The van der Waals surface area contributed by atoms with Crippen LogP contribution in [-0.4, -0.2) is 37.2 Å². The van der Waals surface area contributed by atoms with Crippen molar-refractivity contribution in [1.82, 2.24) is 9.97 Å². The molecule has 0 fully saturated rings. The number of hydrogen-bond donors (Lipinski definition) is 1. The van der Waals surface area contributed by atoms with Gasteiger partial charge in [0, 0.05) is 12.1 Å². The van der Waals surface area contributed by atoms with Gasteiger partial charge in [-0.25, -0.2) is 9.97 Å². The van der Waals surface area contributed by atoms with Gasteiger partial charge in [-0.3, -0.25) is 4.55 Å². The fraction of sp³-hybridized carbons (Fsp3) is 0.333. The smallest absolute Gasteiger partial charge is 0.270 e. The number of aryl methyl sites for hydroxylation is 1. The van der Waals surface area contributed by atoms with Gasteiger partial charge in [0.25, 0.3) is 10.1 Å². The molecular weight excluding hydrogens is 284 g/mol. The van der Waals surface area contributed by atoms with Gasteiger partial charge in [0.15, 0.2) is 11.5 Å². The Morgan fingerprint density at radius 2 is 1.60 bits per heavy atom. The van der Waals surface area contributed by atoms with E-state index in [9.17, 15) is 8.42 Å². The van der Waals surface area contributed by atoms with E-state index < -0.39 is 15.9 Å². The average molecular weight is 298 g/mol. The first kappa shape index (κ1) is 14.5. The molecule has 0 aliphatic carbocycles. The van der Waals surface area contributed by atoms with Crippen LogP contribution in [0.4, 0.5) is 0 Å². The van der Waals surface area contributed by atoms with Gasteiger partial charge in [-0.05, 0) is 6.92 Å². The molecule has 0 unspecified atom stereocenters. The molecule has 0 amide bonds. The molecule has 1 N–H and O–H groups in total. The monoisotopic (exact) mass is 298 g/mol. The molecule has 0 aliphatic heterocycles. The number of nitrogens with zero attached hydrogens (tertiary/aromatic N) is 2. The minimum atomic E-state index is -4.16. The molecule has 2 rings (SSSR count). The van der Waals surface area contributed by atoms with E-state index in [1.165, 1.54) is 14.2 Å².